The summed E-state index contributed by atoms with van der Waals surface area (Å²) in [5, 5.41) is 10.2. The number of hydrogen-bond donors (Lipinski definition) is 0. The normalized spacial score (nSPS) is 10.7. The van der Waals surface area contributed by atoms with Gasteiger partial charge in [0, 0.05) is 18.8 Å². The van der Waals surface area contributed by atoms with Crippen molar-refractivity contribution < 1.29 is 9.53 Å². The molecule has 0 aliphatic carbocycles. The Morgan fingerprint density at radius 2 is 1.94 bits per heavy atom. The van der Waals surface area contributed by atoms with Crippen LogP contribution in [0.1, 0.15) is 33.1 Å². The smallest absolute Gasteiger partial charge is 0.262 e. The number of unbranched alkanes of at least 4 members (excludes halogenated alkanes) is 1. The summed E-state index contributed by atoms with van der Waals surface area (Å²) in [5.41, 5.74) is 1.24. The van der Waals surface area contributed by atoms with E-state index in [0.29, 0.717) is 34.9 Å². The number of rotatable bonds is 11. The molecule has 1 amide bonds. The molecular weight excluding hydrogens is 436 g/mol. The van der Waals surface area contributed by atoms with Crippen molar-refractivity contribution in [3.63, 3.8) is 0 Å². The molecule has 0 N–H and O–H groups in total. The van der Waals surface area contributed by atoms with E-state index in [4.69, 9.17) is 10.00 Å². The molecule has 0 atom stereocenters. The van der Waals surface area contributed by atoms with Crippen molar-refractivity contribution in [1.29, 1.82) is 5.26 Å². The zero-order chi connectivity index (χ0) is 23.6. The molecule has 0 unspecified atom stereocenters. The average Bonchev–Trinajstić information content (AvgIpc) is 2.83. The van der Waals surface area contributed by atoms with Crippen molar-refractivity contribution >= 4 is 34.3 Å². The number of benzene rings is 2. The summed E-state index contributed by atoms with van der Waals surface area (Å²) < 4.78 is 7.15. The Morgan fingerprint density at radius 1 is 1.18 bits per heavy atom. The van der Waals surface area contributed by atoms with Crippen molar-refractivity contribution in [3.8, 4) is 11.8 Å². The van der Waals surface area contributed by atoms with Gasteiger partial charge in [0.2, 0.25) is 5.91 Å². The van der Waals surface area contributed by atoms with Crippen molar-refractivity contribution in [1.82, 2.24) is 9.55 Å². The first-order chi connectivity index (χ1) is 16.1. The fraction of sp³-hybridized carbons (Fsp3) is 0.360. The van der Waals surface area contributed by atoms with Gasteiger partial charge in [0.1, 0.15) is 5.75 Å². The third-order valence-corrected chi connectivity index (χ3v) is 6.06. The number of carbonyl (C=O) groups excluding carboxylic acids is 1. The van der Waals surface area contributed by atoms with Gasteiger partial charge in [0.15, 0.2) is 5.16 Å². The van der Waals surface area contributed by atoms with Gasteiger partial charge < -0.3 is 9.64 Å². The van der Waals surface area contributed by atoms with Crippen LogP contribution < -0.4 is 15.2 Å². The summed E-state index contributed by atoms with van der Waals surface area (Å²) in [6.45, 7) is 5.39. The second-order valence-electron chi connectivity index (χ2n) is 7.39. The molecule has 1 aromatic heterocycles. The van der Waals surface area contributed by atoms with E-state index in [2.05, 4.69) is 18.0 Å². The largest absolute Gasteiger partial charge is 0.494 e. The van der Waals surface area contributed by atoms with E-state index < -0.39 is 0 Å². The number of hydrogen-bond acceptors (Lipinski definition) is 6. The molecular formula is C25H28N4O3S. The van der Waals surface area contributed by atoms with Crippen LogP contribution in [0.4, 0.5) is 5.69 Å². The molecule has 0 bridgehead atoms. The molecule has 8 heteroatoms. The number of carbonyl (C=O) groups is 1. The lowest BCUT2D eigenvalue weighted by Crippen LogP contribution is -2.33. The van der Waals surface area contributed by atoms with E-state index in [1.807, 2.05) is 49.4 Å². The van der Waals surface area contributed by atoms with Crippen LogP contribution in [0.5, 0.6) is 5.75 Å². The predicted octanol–water partition coefficient (Wildman–Crippen LogP) is 4.63. The van der Waals surface area contributed by atoms with Gasteiger partial charge in [-0.1, -0.05) is 37.2 Å². The fourth-order valence-electron chi connectivity index (χ4n) is 3.42. The van der Waals surface area contributed by atoms with Gasteiger partial charge in [-0.05, 0) is 49.7 Å². The van der Waals surface area contributed by atoms with Crippen LogP contribution in [-0.2, 0) is 11.3 Å². The number of fused-ring (bicyclic) bond motifs is 1. The van der Waals surface area contributed by atoms with Crippen LogP contribution in [0.15, 0.2) is 58.5 Å². The first kappa shape index (κ1) is 24.3. The zero-order valence-electron chi connectivity index (χ0n) is 19.0. The number of anilines is 1. The summed E-state index contributed by atoms with van der Waals surface area (Å²) in [6.07, 6.45) is 2.02. The van der Waals surface area contributed by atoms with Gasteiger partial charge in [-0.15, -0.1) is 0 Å². The molecule has 1 heterocycles. The lowest BCUT2D eigenvalue weighted by molar-refractivity contribution is -0.116. The lowest BCUT2D eigenvalue weighted by atomic mass is 10.2. The van der Waals surface area contributed by atoms with E-state index in [-0.39, 0.29) is 30.2 Å². The van der Waals surface area contributed by atoms with E-state index in [1.54, 1.807) is 15.5 Å². The second-order valence-corrected chi connectivity index (χ2v) is 8.33. The number of thioether (sulfide) groups is 1. The average molecular weight is 465 g/mol. The van der Waals surface area contributed by atoms with Gasteiger partial charge in [0.05, 0.1) is 35.8 Å². The molecule has 172 valence electrons. The SMILES string of the molecule is CCCCn1c(SCC(=O)N(CCC#N)c2ccc(OCC)cc2)nc2ccccc2c1=O. The van der Waals surface area contributed by atoms with Crippen LogP contribution in [0.25, 0.3) is 10.9 Å². The summed E-state index contributed by atoms with van der Waals surface area (Å²) in [6, 6.07) is 16.6. The minimum Gasteiger partial charge on any atom is -0.494 e. The Bertz CT molecular complexity index is 1180. The molecule has 33 heavy (non-hydrogen) atoms. The lowest BCUT2D eigenvalue weighted by Gasteiger charge is -2.22. The first-order valence-electron chi connectivity index (χ1n) is 11.1. The van der Waals surface area contributed by atoms with Crippen LogP contribution in [0.2, 0.25) is 0 Å². The highest BCUT2D eigenvalue weighted by atomic mass is 32.2. The van der Waals surface area contributed by atoms with E-state index in [1.165, 1.54) is 11.8 Å². The van der Waals surface area contributed by atoms with E-state index in [9.17, 15) is 9.59 Å². The Morgan fingerprint density at radius 3 is 2.64 bits per heavy atom. The highest BCUT2D eigenvalue weighted by molar-refractivity contribution is 7.99. The highest BCUT2D eigenvalue weighted by Gasteiger charge is 2.18. The number of para-hydroxylation sites is 1. The summed E-state index contributed by atoms with van der Waals surface area (Å²) >= 11 is 1.26. The molecule has 0 saturated heterocycles. The third-order valence-electron chi connectivity index (χ3n) is 5.09. The highest BCUT2D eigenvalue weighted by Crippen LogP contribution is 2.23. The summed E-state index contributed by atoms with van der Waals surface area (Å²) in [4.78, 5) is 32.5. The predicted molar refractivity (Wildman–Crippen MR) is 132 cm³/mol. The molecule has 0 aliphatic rings. The van der Waals surface area contributed by atoms with Gasteiger partial charge in [0.25, 0.3) is 5.56 Å². The standard InChI is InChI=1S/C25H28N4O3S/c1-3-5-16-29-24(31)21-9-6-7-10-22(21)27-25(29)33-18-23(30)28(17-8-15-26)19-11-13-20(14-12-19)32-4-2/h6-7,9-14H,3-5,8,16-18H2,1-2H3. The van der Waals surface area contributed by atoms with Gasteiger partial charge in [-0.25, -0.2) is 4.98 Å². The molecule has 7 nitrogen and oxygen atoms in total. The summed E-state index contributed by atoms with van der Waals surface area (Å²) in [7, 11) is 0. The molecule has 0 spiro atoms. The maximum Gasteiger partial charge on any atom is 0.262 e. The zero-order valence-corrected chi connectivity index (χ0v) is 19.8. The topological polar surface area (TPSA) is 88.2 Å². The summed E-state index contributed by atoms with van der Waals surface area (Å²) in [5.74, 6) is 0.683. The van der Waals surface area contributed by atoms with Gasteiger partial charge in [-0.3, -0.25) is 14.2 Å². The van der Waals surface area contributed by atoms with Crippen LogP contribution in [-0.4, -0.2) is 34.4 Å². The fourth-order valence-corrected chi connectivity index (χ4v) is 4.33. The monoisotopic (exact) mass is 464 g/mol. The van der Waals surface area contributed by atoms with Crippen molar-refractivity contribution in [2.24, 2.45) is 0 Å². The maximum atomic E-state index is 13.2. The third kappa shape index (κ3) is 6.14. The van der Waals surface area contributed by atoms with Crippen LogP contribution >= 0.6 is 11.8 Å². The Balaban J connectivity index is 1.84. The second kappa shape index (κ2) is 12.1. The van der Waals surface area contributed by atoms with Crippen LogP contribution in [0.3, 0.4) is 0 Å². The molecule has 0 fully saturated rings. The Hall–Kier alpha value is -3.31. The number of ether oxygens (including phenoxy) is 1. The van der Waals surface area contributed by atoms with Crippen LogP contribution in [0, 0.1) is 11.3 Å². The minimum atomic E-state index is -0.149. The molecule has 3 rings (SSSR count). The first-order valence-corrected chi connectivity index (χ1v) is 12.1. The van der Waals surface area contributed by atoms with E-state index in [0.717, 1.165) is 18.6 Å². The van der Waals surface area contributed by atoms with Gasteiger partial charge in [-0.2, -0.15) is 5.26 Å². The van der Waals surface area contributed by atoms with Crippen molar-refractivity contribution in [2.45, 2.75) is 44.8 Å². The Kier molecular flexibility index (Phi) is 8.90. The van der Waals surface area contributed by atoms with Crippen molar-refractivity contribution in [3.05, 3.63) is 58.9 Å². The minimum absolute atomic E-state index is 0.0863. The number of aromatic nitrogens is 2. The molecule has 0 aliphatic heterocycles. The maximum absolute atomic E-state index is 13.2. The number of amides is 1. The quantitative estimate of drug-likeness (QED) is 0.304. The Labute approximate surface area is 198 Å². The van der Waals surface area contributed by atoms with Gasteiger partial charge >= 0.3 is 0 Å². The molecule has 3 aromatic rings. The number of nitriles is 1. The van der Waals surface area contributed by atoms with E-state index >= 15 is 0 Å². The van der Waals surface area contributed by atoms with Crippen molar-refractivity contribution in [2.75, 3.05) is 23.8 Å². The molecule has 2 aromatic carbocycles. The number of nitrogens with zero attached hydrogens (tertiary/aromatic N) is 4. The molecule has 0 saturated carbocycles. The molecule has 0 radical (unpaired) electrons.